The van der Waals surface area contributed by atoms with Gasteiger partial charge in [0, 0.05) is 26.2 Å². The molecule has 98 valence electrons. The Kier molecular flexibility index (Phi) is 8.99. The number of nitriles is 1. The van der Waals surface area contributed by atoms with E-state index in [1.54, 1.807) is 0 Å². The minimum Gasteiger partial charge on any atom is -0.381 e. The van der Waals surface area contributed by atoms with E-state index in [0.717, 1.165) is 45.5 Å². The van der Waals surface area contributed by atoms with Crippen LogP contribution in [0.2, 0.25) is 0 Å². The summed E-state index contributed by atoms with van der Waals surface area (Å²) in [6, 6.07) is 2.16. The minimum absolute atomic E-state index is 0.529. The number of hydrogen-bond acceptors (Lipinski definition) is 3. The lowest BCUT2D eigenvalue weighted by molar-refractivity contribution is 0.0931. The normalized spacial score (nSPS) is 19.4. The fourth-order valence-corrected chi connectivity index (χ4v) is 2.14. The van der Waals surface area contributed by atoms with Crippen molar-refractivity contribution >= 4 is 0 Å². The molecule has 1 saturated heterocycles. The molecule has 1 aliphatic rings. The Morgan fingerprint density at radius 2 is 1.94 bits per heavy atom. The van der Waals surface area contributed by atoms with Crippen molar-refractivity contribution in [3.8, 4) is 6.07 Å². The van der Waals surface area contributed by atoms with Crippen molar-refractivity contribution in [3.63, 3.8) is 0 Å². The number of hydrogen-bond donors (Lipinski definition) is 0. The van der Waals surface area contributed by atoms with Gasteiger partial charge in [0.25, 0.3) is 0 Å². The lowest BCUT2D eigenvalue weighted by Gasteiger charge is -2.08. The van der Waals surface area contributed by atoms with E-state index in [1.165, 1.54) is 25.7 Å². The van der Waals surface area contributed by atoms with Crippen molar-refractivity contribution in [2.24, 2.45) is 0 Å². The summed E-state index contributed by atoms with van der Waals surface area (Å²) in [5, 5.41) is 8.36. The third-order valence-corrected chi connectivity index (χ3v) is 3.17. The van der Waals surface area contributed by atoms with Gasteiger partial charge >= 0.3 is 0 Å². The molecule has 0 saturated carbocycles. The molecular weight excluding hydrogens is 214 g/mol. The Bertz CT molecular complexity index is 207. The van der Waals surface area contributed by atoms with Gasteiger partial charge in [-0.15, -0.1) is 0 Å². The zero-order valence-electron chi connectivity index (χ0n) is 10.8. The van der Waals surface area contributed by atoms with Gasteiger partial charge in [-0.2, -0.15) is 5.26 Å². The van der Waals surface area contributed by atoms with Gasteiger partial charge in [-0.3, -0.25) is 0 Å². The Balaban J connectivity index is 1.71. The van der Waals surface area contributed by atoms with Gasteiger partial charge in [-0.05, 0) is 44.9 Å². The van der Waals surface area contributed by atoms with Crippen LogP contribution in [0.1, 0.15) is 57.8 Å². The molecule has 1 aliphatic heterocycles. The van der Waals surface area contributed by atoms with Crippen LogP contribution in [0.4, 0.5) is 0 Å². The monoisotopic (exact) mass is 239 g/mol. The quantitative estimate of drug-likeness (QED) is 0.548. The Morgan fingerprint density at radius 1 is 1.12 bits per heavy atom. The first-order valence-electron chi connectivity index (χ1n) is 7.00. The highest BCUT2D eigenvalue weighted by Gasteiger charge is 2.14. The molecule has 1 unspecified atom stereocenters. The first-order chi connectivity index (χ1) is 8.43. The van der Waals surface area contributed by atoms with Crippen LogP contribution in [0.25, 0.3) is 0 Å². The van der Waals surface area contributed by atoms with Crippen LogP contribution in [0, 0.1) is 11.3 Å². The zero-order valence-corrected chi connectivity index (χ0v) is 10.8. The number of rotatable bonds is 10. The third-order valence-electron chi connectivity index (χ3n) is 3.17. The largest absolute Gasteiger partial charge is 0.381 e. The summed E-state index contributed by atoms with van der Waals surface area (Å²) in [4.78, 5) is 0. The highest BCUT2D eigenvalue weighted by molar-refractivity contribution is 4.67. The van der Waals surface area contributed by atoms with Gasteiger partial charge < -0.3 is 9.47 Å². The second-order valence-electron chi connectivity index (χ2n) is 4.71. The summed E-state index contributed by atoms with van der Waals surface area (Å²) in [7, 11) is 0. The maximum absolute atomic E-state index is 8.36. The van der Waals surface area contributed by atoms with Crippen LogP contribution < -0.4 is 0 Å². The molecule has 3 nitrogen and oxygen atoms in total. The smallest absolute Gasteiger partial charge is 0.0621 e. The van der Waals surface area contributed by atoms with Crippen LogP contribution in [0.3, 0.4) is 0 Å². The zero-order chi connectivity index (χ0) is 12.2. The average Bonchev–Trinajstić information content (AvgIpc) is 2.85. The average molecular weight is 239 g/mol. The van der Waals surface area contributed by atoms with Crippen LogP contribution >= 0.6 is 0 Å². The summed E-state index contributed by atoms with van der Waals surface area (Å²) in [6.07, 6.45) is 10.5. The Morgan fingerprint density at radius 3 is 2.65 bits per heavy atom. The predicted molar refractivity (Wildman–Crippen MR) is 67.7 cm³/mol. The molecule has 1 heterocycles. The molecule has 1 atom stereocenters. The van der Waals surface area contributed by atoms with Crippen LogP contribution in [0.5, 0.6) is 0 Å². The fourth-order valence-electron chi connectivity index (χ4n) is 2.14. The molecule has 0 amide bonds. The second kappa shape index (κ2) is 10.6. The van der Waals surface area contributed by atoms with E-state index in [1.807, 2.05) is 0 Å². The number of nitrogens with zero attached hydrogens (tertiary/aromatic N) is 1. The molecule has 1 rings (SSSR count). The molecule has 0 N–H and O–H groups in total. The van der Waals surface area contributed by atoms with E-state index in [4.69, 9.17) is 14.7 Å². The lowest BCUT2D eigenvalue weighted by atomic mass is 10.1. The standard InChI is InChI=1S/C14H25NO2/c15-10-4-1-2-5-11-16-12-6-3-8-14-9-7-13-17-14/h14H,1-9,11-13H2. The molecule has 0 spiro atoms. The van der Waals surface area contributed by atoms with E-state index in [0.29, 0.717) is 12.5 Å². The maximum atomic E-state index is 8.36. The molecule has 0 aromatic rings. The fraction of sp³-hybridized carbons (Fsp3) is 0.929. The molecule has 17 heavy (non-hydrogen) atoms. The maximum Gasteiger partial charge on any atom is 0.0621 e. The van der Waals surface area contributed by atoms with Gasteiger partial charge in [-0.25, -0.2) is 0 Å². The van der Waals surface area contributed by atoms with Crippen molar-refractivity contribution in [1.29, 1.82) is 5.26 Å². The molecule has 1 fully saturated rings. The number of unbranched alkanes of at least 4 members (excludes halogenated alkanes) is 4. The molecule has 0 aromatic carbocycles. The third kappa shape index (κ3) is 8.18. The van der Waals surface area contributed by atoms with Gasteiger partial charge in [0.1, 0.15) is 0 Å². The van der Waals surface area contributed by atoms with Crippen molar-refractivity contribution in [2.45, 2.75) is 63.9 Å². The predicted octanol–water partition coefficient (Wildman–Crippen LogP) is 3.44. The van der Waals surface area contributed by atoms with Crippen LogP contribution in [0.15, 0.2) is 0 Å². The van der Waals surface area contributed by atoms with Crippen molar-refractivity contribution in [2.75, 3.05) is 19.8 Å². The molecule has 0 aliphatic carbocycles. The van der Waals surface area contributed by atoms with E-state index < -0.39 is 0 Å². The first-order valence-corrected chi connectivity index (χ1v) is 7.00. The van der Waals surface area contributed by atoms with Crippen molar-refractivity contribution in [1.82, 2.24) is 0 Å². The van der Waals surface area contributed by atoms with Gasteiger partial charge in [0.2, 0.25) is 0 Å². The summed E-state index contributed by atoms with van der Waals surface area (Å²) in [6.45, 7) is 2.69. The summed E-state index contributed by atoms with van der Waals surface area (Å²) in [5.74, 6) is 0. The molecule has 0 radical (unpaired) electrons. The van der Waals surface area contributed by atoms with E-state index in [-0.39, 0.29) is 0 Å². The van der Waals surface area contributed by atoms with Gasteiger partial charge in [0.05, 0.1) is 12.2 Å². The number of ether oxygens (including phenoxy) is 2. The Labute approximate surface area is 105 Å². The van der Waals surface area contributed by atoms with Crippen LogP contribution in [-0.2, 0) is 9.47 Å². The SMILES string of the molecule is N#CCCCCCOCCCCC1CCCO1. The first kappa shape index (κ1) is 14.5. The molecule has 3 heteroatoms. The molecule has 0 bridgehead atoms. The lowest BCUT2D eigenvalue weighted by Crippen LogP contribution is -2.05. The summed E-state index contributed by atoms with van der Waals surface area (Å²) < 4.78 is 11.1. The van der Waals surface area contributed by atoms with E-state index in [2.05, 4.69) is 6.07 Å². The Hall–Kier alpha value is -0.590. The second-order valence-corrected chi connectivity index (χ2v) is 4.71. The van der Waals surface area contributed by atoms with Gasteiger partial charge in [-0.1, -0.05) is 6.42 Å². The van der Waals surface area contributed by atoms with Crippen LogP contribution in [-0.4, -0.2) is 25.9 Å². The van der Waals surface area contributed by atoms with Gasteiger partial charge in [0.15, 0.2) is 0 Å². The minimum atomic E-state index is 0.529. The highest BCUT2D eigenvalue weighted by atomic mass is 16.5. The van der Waals surface area contributed by atoms with Crippen molar-refractivity contribution < 1.29 is 9.47 Å². The van der Waals surface area contributed by atoms with Crippen molar-refractivity contribution in [3.05, 3.63) is 0 Å². The highest BCUT2D eigenvalue weighted by Crippen LogP contribution is 2.17. The summed E-state index contributed by atoms with van der Waals surface area (Å²) in [5.41, 5.74) is 0. The topological polar surface area (TPSA) is 42.2 Å². The van der Waals surface area contributed by atoms with E-state index in [9.17, 15) is 0 Å². The molecule has 0 aromatic heterocycles. The van der Waals surface area contributed by atoms with E-state index >= 15 is 0 Å². The molecular formula is C14H25NO2. The summed E-state index contributed by atoms with van der Waals surface area (Å²) >= 11 is 0.